The first kappa shape index (κ1) is 19.2. The fraction of sp³-hybridized carbons (Fsp3) is 0.762. The minimum absolute atomic E-state index is 0.0268. The Morgan fingerprint density at radius 1 is 1.15 bits per heavy atom. The van der Waals surface area contributed by atoms with Gasteiger partial charge in [0, 0.05) is 51.4 Å². The summed E-state index contributed by atoms with van der Waals surface area (Å²) in [6, 6.07) is 0. The monoisotopic (exact) mass is 378 g/mol. The van der Waals surface area contributed by atoms with Crippen molar-refractivity contribution in [3.63, 3.8) is 0 Å². The zero-order chi connectivity index (χ0) is 19.4. The molecule has 8 atom stereocenters. The van der Waals surface area contributed by atoms with Crippen molar-refractivity contribution in [3.05, 3.63) is 29.2 Å². The maximum atomic E-state index is 12.1. The third kappa shape index (κ3) is 2.38. The molecule has 3 fully saturated rings. The van der Waals surface area contributed by atoms with Crippen molar-refractivity contribution < 1.29 is 29.2 Å². The lowest BCUT2D eigenvalue weighted by molar-refractivity contribution is -0.273. The highest BCUT2D eigenvalue weighted by molar-refractivity contribution is 5.39. The summed E-state index contributed by atoms with van der Waals surface area (Å²) in [5, 5.41) is 24.1. The second-order valence-electron chi connectivity index (χ2n) is 8.32. The molecule has 0 heterocycles. The van der Waals surface area contributed by atoms with Gasteiger partial charge in [0.05, 0.1) is 25.9 Å². The summed E-state index contributed by atoms with van der Waals surface area (Å²) in [4.78, 5) is 0. The van der Waals surface area contributed by atoms with Crippen molar-refractivity contribution in [3.8, 4) is 0 Å². The smallest absolute Gasteiger partial charge is 0.145 e. The predicted octanol–water partition coefficient (Wildman–Crippen LogP) is 1.43. The van der Waals surface area contributed by atoms with Crippen LogP contribution in [0.2, 0.25) is 0 Å². The Balaban J connectivity index is 1.90. The van der Waals surface area contributed by atoms with Crippen molar-refractivity contribution in [2.24, 2.45) is 23.7 Å². The van der Waals surface area contributed by atoms with Crippen LogP contribution in [0, 0.1) is 23.7 Å². The largest absolute Gasteiger partial charge is 0.492 e. The van der Waals surface area contributed by atoms with E-state index in [2.05, 4.69) is 5.73 Å². The molecule has 0 saturated heterocycles. The lowest BCUT2D eigenvalue weighted by Crippen LogP contribution is -2.70. The van der Waals surface area contributed by atoms with Gasteiger partial charge in [-0.1, -0.05) is 17.4 Å². The molecule has 0 radical (unpaired) electrons. The van der Waals surface area contributed by atoms with Crippen molar-refractivity contribution >= 4 is 0 Å². The number of methoxy groups -OCH3 is 4. The Kier molecular flexibility index (Phi) is 4.78. The van der Waals surface area contributed by atoms with Gasteiger partial charge in [0.25, 0.3) is 0 Å². The van der Waals surface area contributed by atoms with E-state index in [4.69, 9.17) is 18.9 Å². The molecule has 2 bridgehead atoms. The van der Waals surface area contributed by atoms with Crippen LogP contribution in [0.3, 0.4) is 0 Å². The lowest BCUT2D eigenvalue weighted by atomic mass is 9.62. The van der Waals surface area contributed by atoms with Crippen molar-refractivity contribution in [1.82, 2.24) is 0 Å². The minimum atomic E-state index is -1.39. The topological polar surface area (TPSA) is 77.4 Å². The Hall–Kier alpha value is -1.14. The number of ether oxygens (including phenoxy) is 4. The van der Waals surface area contributed by atoms with E-state index in [-0.39, 0.29) is 29.8 Å². The molecule has 0 amide bonds. The zero-order valence-electron chi connectivity index (χ0n) is 16.5. The Bertz CT molecular complexity index is 695. The molecule has 0 aliphatic heterocycles. The first-order valence-corrected chi connectivity index (χ1v) is 9.66. The van der Waals surface area contributed by atoms with E-state index in [1.807, 2.05) is 12.2 Å². The fourth-order valence-electron chi connectivity index (χ4n) is 6.39. The summed E-state index contributed by atoms with van der Waals surface area (Å²) in [7, 11) is 6.56. The van der Waals surface area contributed by atoms with Gasteiger partial charge in [0.15, 0.2) is 0 Å². The van der Waals surface area contributed by atoms with E-state index in [0.29, 0.717) is 25.9 Å². The summed E-state index contributed by atoms with van der Waals surface area (Å²) in [6.45, 7) is 0.341. The van der Waals surface area contributed by atoms with Crippen LogP contribution in [0.4, 0.5) is 0 Å². The van der Waals surface area contributed by atoms with Gasteiger partial charge >= 0.3 is 0 Å². The SMILES string of the molecule is COC[C@@H]1CC2C(OC)=C=CC=C2C2C[C@@H]3C(OC)C[C@@]1(O)C2(O)[C@H]3OC. The second-order valence-corrected chi connectivity index (χ2v) is 8.32. The van der Waals surface area contributed by atoms with Crippen LogP contribution in [0.15, 0.2) is 29.2 Å². The van der Waals surface area contributed by atoms with E-state index in [1.165, 1.54) is 0 Å². The van der Waals surface area contributed by atoms with Gasteiger partial charge in [0.2, 0.25) is 0 Å². The number of aliphatic hydroxyl groups is 2. The molecule has 0 aromatic rings. The van der Waals surface area contributed by atoms with Crippen LogP contribution >= 0.6 is 0 Å². The van der Waals surface area contributed by atoms with Crippen LogP contribution in [-0.2, 0) is 18.9 Å². The highest BCUT2D eigenvalue weighted by atomic mass is 16.5. The molecule has 4 aliphatic carbocycles. The molecule has 3 saturated carbocycles. The van der Waals surface area contributed by atoms with E-state index < -0.39 is 17.3 Å². The molecule has 6 heteroatoms. The van der Waals surface area contributed by atoms with E-state index in [0.717, 1.165) is 11.3 Å². The van der Waals surface area contributed by atoms with Crippen molar-refractivity contribution in [2.45, 2.75) is 42.7 Å². The number of fused-ring (bicyclic) bond motifs is 3. The molecule has 150 valence electrons. The van der Waals surface area contributed by atoms with Crippen molar-refractivity contribution in [1.29, 1.82) is 0 Å². The van der Waals surface area contributed by atoms with Crippen LogP contribution in [0.1, 0.15) is 19.3 Å². The van der Waals surface area contributed by atoms with Gasteiger partial charge in [-0.2, -0.15) is 0 Å². The summed E-state index contributed by atoms with van der Waals surface area (Å²) < 4.78 is 22.7. The molecule has 6 nitrogen and oxygen atoms in total. The van der Waals surface area contributed by atoms with Gasteiger partial charge < -0.3 is 29.2 Å². The maximum Gasteiger partial charge on any atom is 0.145 e. The van der Waals surface area contributed by atoms with E-state index >= 15 is 0 Å². The van der Waals surface area contributed by atoms with Crippen LogP contribution in [-0.4, -0.2) is 68.7 Å². The molecular formula is C21H30O6. The average Bonchev–Trinajstić information content (AvgIpc) is 2.89. The fourth-order valence-corrected chi connectivity index (χ4v) is 6.39. The summed E-state index contributed by atoms with van der Waals surface area (Å²) in [6.07, 6.45) is 4.92. The molecule has 4 unspecified atom stereocenters. The zero-order valence-corrected chi connectivity index (χ0v) is 16.5. The highest BCUT2D eigenvalue weighted by Crippen LogP contribution is 2.63. The predicted molar refractivity (Wildman–Crippen MR) is 97.9 cm³/mol. The van der Waals surface area contributed by atoms with Gasteiger partial charge in [-0.3, -0.25) is 0 Å². The molecule has 2 N–H and O–H groups in total. The van der Waals surface area contributed by atoms with Crippen LogP contribution in [0.25, 0.3) is 0 Å². The van der Waals surface area contributed by atoms with Gasteiger partial charge in [-0.05, 0) is 18.9 Å². The third-order valence-electron chi connectivity index (χ3n) is 7.51. The summed E-state index contributed by atoms with van der Waals surface area (Å²) in [5.41, 5.74) is 1.51. The molecule has 0 aromatic heterocycles. The number of hydrogen-bond donors (Lipinski definition) is 2. The quantitative estimate of drug-likeness (QED) is 0.705. The minimum Gasteiger partial charge on any atom is -0.492 e. The average molecular weight is 378 g/mol. The van der Waals surface area contributed by atoms with Crippen molar-refractivity contribution in [2.75, 3.05) is 35.0 Å². The molecule has 0 spiro atoms. The van der Waals surface area contributed by atoms with Gasteiger partial charge in [-0.25, -0.2) is 0 Å². The molecular weight excluding hydrogens is 348 g/mol. The standard InChI is InChI=1S/C21H30O6/c1-24-11-12-8-14-13(6-5-7-17(14)25-2)16-9-15-18(26-3)10-20(12,22)21(16,23)19(15)27-4/h5-6,12,14-16,18-19,22-23H,8-11H2,1-4H3/t12-,14?,15+,16?,18?,19-,20-,21?/m0/s1. The maximum absolute atomic E-state index is 12.1. The summed E-state index contributed by atoms with van der Waals surface area (Å²) in [5.74, 6) is 0.236. The normalized spacial score (nSPS) is 47.8. The first-order valence-electron chi connectivity index (χ1n) is 9.66. The number of hydrogen-bond acceptors (Lipinski definition) is 6. The van der Waals surface area contributed by atoms with Gasteiger partial charge in [-0.15, -0.1) is 0 Å². The number of rotatable bonds is 5. The molecule has 4 rings (SSSR count). The molecule has 0 aromatic carbocycles. The number of allylic oxidation sites excluding steroid dienone is 2. The Labute approximate surface area is 160 Å². The Morgan fingerprint density at radius 3 is 2.56 bits per heavy atom. The highest BCUT2D eigenvalue weighted by Gasteiger charge is 2.74. The second kappa shape index (κ2) is 6.73. The van der Waals surface area contributed by atoms with E-state index in [9.17, 15) is 10.2 Å². The van der Waals surface area contributed by atoms with Crippen LogP contribution in [0.5, 0.6) is 0 Å². The van der Waals surface area contributed by atoms with Gasteiger partial charge in [0.1, 0.15) is 17.0 Å². The Morgan fingerprint density at radius 2 is 1.93 bits per heavy atom. The molecule has 27 heavy (non-hydrogen) atoms. The summed E-state index contributed by atoms with van der Waals surface area (Å²) >= 11 is 0. The third-order valence-corrected chi connectivity index (χ3v) is 7.51. The lowest BCUT2D eigenvalue weighted by Gasteiger charge is -2.54. The molecule has 4 aliphatic rings. The first-order chi connectivity index (χ1) is 13.0. The van der Waals surface area contributed by atoms with E-state index in [1.54, 1.807) is 28.4 Å². The van der Waals surface area contributed by atoms with Crippen LogP contribution < -0.4 is 0 Å².